The topological polar surface area (TPSA) is 35.6 Å². The molecule has 50 heavy (non-hydrogen) atoms. The molecule has 0 saturated carbocycles. The van der Waals surface area contributed by atoms with E-state index in [-0.39, 0.29) is 0 Å². The maximum absolute atomic E-state index is 5.42. The maximum atomic E-state index is 5.42. The van der Waals surface area contributed by atoms with Gasteiger partial charge in [-0.2, -0.15) is 0 Å². The van der Waals surface area contributed by atoms with Gasteiger partial charge in [0.2, 0.25) is 0 Å². The molecule has 3 aromatic heterocycles. The standard InChI is InChI=1S/C46H30N4/c1-3-15-31(16-4-1)33-27-34(32-17-5-2-6-18-32)29-35(28-33)46-47-44(49-40-23-11-7-19-36(40)37-20-8-12-24-41(37)49)30-45(48-46)50-42-25-13-9-21-38(42)39-22-10-14-26-43(39)50/h1-30H. The Balaban J connectivity index is 1.31. The quantitative estimate of drug-likeness (QED) is 0.188. The van der Waals surface area contributed by atoms with Gasteiger partial charge < -0.3 is 0 Å². The highest BCUT2D eigenvalue weighted by Gasteiger charge is 2.19. The monoisotopic (exact) mass is 638 g/mol. The molecule has 0 spiro atoms. The fourth-order valence-corrected chi connectivity index (χ4v) is 7.47. The number of hydrogen-bond donors (Lipinski definition) is 0. The van der Waals surface area contributed by atoms with Crippen molar-refractivity contribution in [1.29, 1.82) is 0 Å². The van der Waals surface area contributed by atoms with Crippen molar-refractivity contribution < 1.29 is 0 Å². The van der Waals surface area contributed by atoms with Crippen LogP contribution in [-0.4, -0.2) is 19.1 Å². The SMILES string of the molecule is c1ccc(-c2cc(-c3ccccc3)cc(-c3nc(-n4c5ccccc5c5ccccc54)cc(-n4c5ccccc5c5ccccc54)n3)c2)cc1. The van der Waals surface area contributed by atoms with Crippen LogP contribution in [0.1, 0.15) is 0 Å². The summed E-state index contributed by atoms with van der Waals surface area (Å²) in [5, 5.41) is 4.77. The Hall–Kier alpha value is -6.78. The Morgan fingerprint density at radius 3 is 0.980 bits per heavy atom. The van der Waals surface area contributed by atoms with Crippen LogP contribution in [0.25, 0.3) is 88.9 Å². The van der Waals surface area contributed by atoms with Crippen molar-refractivity contribution in [3.63, 3.8) is 0 Å². The van der Waals surface area contributed by atoms with E-state index < -0.39 is 0 Å². The van der Waals surface area contributed by atoms with Crippen molar-refractivity contribution in [3.8, 4) is 45.3 Å². The highest BCUT2D eigenvalue weighted by molar-refractivity contribution is 6.10. The van der Waals surface area contributed by atoms with Gasteiger partial charge in [0.05, 0.1) is 22.1 Å². The molecule has 234 valence electrons. The van der Waals surface area contributed by atoms with Gasteiger partial charge in [-0.3, -0.25) is 9.13 Å². The second-order valence-electron chi connectivity index (χ2n) is 12.7. The summed E-state index contributed by atoms with van der Waals surface area (Å²) in [6, 6.07) is 64.3. The van der Waals surface area contributed by atoms with E-state index in [0.717, 1.165) is 61.5 Å². The molecule has 7 aromatic carbocycles. The predicted octanol–water partition coefficient (Wildman–Crippen LogP) is 11.7. The molecule has 3 heterocycles. The summed E-state index contributed by atoms with van der Waals surface area (Å²) in [7, 11) is 0. The highest BCUT2D eigenvalue weighted by Crippen LogP contribution is 2.37. The smallest absolute Gasteiger partial charge is 0.163 e. The normalized spacial score (nSPS) is 11.6. The lowest BCUT2D eigenvalue weighted by Crippen LogP contribution is -2.06. The Morgan fingerprint density at radius 2 is 0.600 bits per heavy atom. The van der Waals surface area contributed by atoms with Crippen LogP contribution in [0, 0.1) is 0 Å². The Morgan fingerprint density at radius 1 is 0.280 bits per heavy atom. The molecule has 0 bridgehead atoms. The van der Waals surface area contributed by atoms with Crippen LogP contribution in [-0.2, 0) is 0 Å². The third-order valence-electron chi connectivity index (χ3n) is 9.72. The number of hydrogen-bond acceptors (Lipinski definition) is 2. The summed E-state index contributed by atoms with van der Waals surface area (Å²) in [6.07, 6.45) is 0. The minimum atomic E-state index is 0.663. The van der Waals surface area contributed by atoms with Gasteiger partial charge in [0.1, 0.15) is 11.6 Å². The molecule has 0 aliphatic heterocycles. The van der Waals surface area contributed by atoms with Crippen LogP contribution in [0.3, 0.4) is 0 Å². The van der Waals surface area contributed by atoms with E-state index in [1.165, 1.54) is 21.5 Å². The minimum Gasteiger partial charge on any atom is -0.294 e. The molecular weight excluding hydrogens is 609 g/mol. The Labute approximate surface area is 289 Å². The zero-order chi connectivity index (χ0) is 33.0. The fraction of sp³-hybridized carbons (Fsp3) is 0. The van der Waals surface area contributed by atoms with Gasteiger partial charge in [-0.1, -0.05) is 133 Å². The van der Waals surface area contributed by atoms with E-state index >= 15 is 0 Å². The lowest BCUT2D eigenvalue weighted by Gasteiger charge is -2.15. The average Bonchev–Trinajstić information content (AvgIpc) is 3.71. The number of rotatable bonds is 5. The lowest BCUT2D eigenvalue weighted by molar-refractivity contribution is 0.994. The van der Waals surface area contributed by atoms with E-state index in [0.29, 0.717) is 5.82 Å². The van der Waals surface area contributed by atoms with Crippen molar-refractivity contribution >= 4 is 43.6 Å². The summed E-state index contributed by atoms with van der Waals surface area (Å²) >= 11 is 0. The molecular formula is C46H30N4. The van der Waals surface area contributed by atoms with Crippen LogP contribution in [0.5, 0.6) is 0 Å². The van der Waals surface area contributed by atoms with Crippen LogP contribution in [0.15, 0.2) is 182 Å². The van der Waals surface area contributed by atoms with E-state index in [2.05, 4.69) is 191 Å². The Kier molecular flexibility index (Phi) is 6.46. The predicted molar refractivity (Wildman–Crippen MR) is 207 cm³/mol. The van der Waals surface area contributed by atoms with Gasteiger partial charge in [-0.25, -0.2) is 9.97 Å². The molecule has 0 saturated heterocycles. The van der Waals surface area contributed by atoms with Crippen molar-refractivity contribution in [1.82, 2.24) is 19.1 Å². The van der Waals surface area contributed by atoms with Gasteiger partial charge in [0, 0.05) is 33.2 Å². The molecule has 10 rings (SSSR count). The molecule has 0 radical (unpaired) electrons. The molecule has 0 unspecified atom stereocenters. The fourth-order valence-electron chi connectivity index (χ4n) is 7.47. The molecule has 0 aliphatic carbocycles. The van der Waals surface area contributed by atoms with Gasteiger partial charge >= 0.3 is 0 Å². The molecule has 4 nitrogen and oxygen atoms in total. The van der Waals surface area contributed by atoms with Crippen LogP contribution in [0.2, 0.25) is 0 Å². The lowest BCUT2D eigenvalue weighted by atomic mass is 9.96. The molecule has 0 fully saturated rings. The second kappa shape index (κ2) is 11.4. The summed E-state index contributed by atoms with van der Waals surface area (Å²) < 4.78 is 4.57. The van der Waals surface area contributed by atoms with Crippen molar-refractivity contribution in [2.75, 3.05) is 0 Å². The molecule has 4 heteroatoms. The highest BCUT2D eigenvalue weighted by atomic mass is 15.1. The maximum Gasteiger partial charge on any atom is 0.163 e. The van der Waals surface area contributed by atoms with E-state index in [1.807, 2.05) is 0 Å². The zero-order valence-electron chi connectivity index (χ0n) is 27.1. The van der Waals surface area contributed by atoms with Gasteiger partial charge in [0.15, 0.2) is 5.82 Å². The minimum absolute atomic E-state index is 0.663. The van der Waals surface area contributed by atoms with Gasteiger partial charge in [0.25, 0.3) is 0 Å². The molecule has 0 amide bonds. The summed E-state index contributed by atoms with van der Waals surface area (Å²) in [5.41, 5.74) is 9.90. The Bertz CT molecular complexity index is 2570. The first-order chi connectivity index (χ1) is 24.8. The van der Waals surface area contributed by atoms with Crippen molar-refractivity contribution in [3.05, 3.63) is 182 Å². The largest absolute Gasteiger partial charge is 0.294 e. The number of para-hydroxylation sites is 4. The summed E-state index contributed by atoms with van der Waals surface area (Å²) in [5.74, 6) is 2.29. The van der Waals surface area contributed by atoms with Crippen LogP contribution < -0.4 is 0 Å². The summed E-state index contributed by atoms with van der Waals surface area (Å²) in [6.45, 7) is 0. The zero-order valence-corrected chi connectivity index (χ0v) is 27.1. The molecule has 0 aliphatic rings. The van der Waals surface area contributed by atoms with Crippen molar-refractivity contribution in [2.45, 2.75) is 0 Å². The molecule has 0 atom stereocenters. The van der Waals surface area contributed by atoms with E-state index in [4.69, 9.17) is 9.97 Å². The molecule has 10 aromatic rings. The average molecular weight is 639 g/mol. The second-order valence-corrected chi connectivity index (χ2v) is 12.7. The third-order valence-corrected chi connectivity index (χ3v) is 9.72. The number of aromatic nitrogens is 4. The summed E-state index contributed by atoms with van der Waals surface area (Å²) in [4.78, 5) is 10.8. The first-order valence-corrected chi connectivity index (χ1v) is 16.9. The van der Waals surface area contributed by atoms with E-state index in [1.54, 1.807) is 0 Å². The van der Waals surface area contributed by atoms with Crippen LogP contribution in [0.4, 0.5) is 0 Å². The van der Waals surface area contributed by atoms with Gasteiger partial charge in [-0.05, 0) is 64.7 Å². The van der Waals surface area contributed by atoms with Gasteiger partial charge in [-0.15, -0.1) is 0 Å². The first-order valence-electron chi connectivity index (χ1n) is 16.9. The van der Waals surface area contributed by atoms with Crippen molar-refractivity contribution in [2.24, 2.45) is 0 Å². The number of benzene rings is 7. The first kappa shape index (κ1) is 28.3. The van der Waals surface area contributed by atoms with E-state index in [9.17, 15) is 0 Å². The third kappa shape index (κ3) is 4.54. The number of fused-ring (bicyclic) bond motifs is 6. The van der Waals surface area contributed by atoms with Crippen LogP contribution >= 0.6 is 0 Å². The molecule has 0 N–H and O–H groups in total. The number of nitrogens with zero attached hydrogens (tertiary/aromatic N) is 4.